The van der Waals surface area contributed by atoms with Crippen LogP contribution in [0.1, 0.15) is 40.6 Å². The van der Waals surface area contributed by atoms with Crippen molar-refractivity contribution in [1.82, 2.24) is 14.8 Å². The minimum absolute atomic E-state index is 0.0127. The summed E-state index contributed by atoms with van der Waals surface area (Å²) in [5, 5.41) is 13.1. The lowest BCUT2D eigenvalue weighted by Crippen LogP contribution is -2.16. The number of thioether (sulfide) groups is 1. The Hall–Kier alpha value is -3.23. The number of carbonyl (C=O) groups is 2. The fourth-order valence-electron chi connectivity index (χ4n) is 4.27. The van der Waals surface area contributed by atoms with E-state index in [4.69, 9.17) is 0 Å². The number of hydrogen-bond acceptors (Lipinski definition) is 6. The lowest BCUT2D eigenvalue weighted by molar-refractivity contribution is -0.113. The normalized spacial score (nSPS) is 12.9. The maximum atomic E-state index is 12.9. The van der Waals surface area contributed by atoms with Crippen molar-refractivity contribution >= 4 is 39.8 Å². The number of para-hydroxylation sites is 1. The molecule has 6 nitrogen and oxygen atoms in total. The van der Waals surface area contributed by atoms with Crippen LogP contribution in [0, 0.1) is 0 Å². The van der Waals surface area contributed by atoms with E-state index in [1.807, 2.05) is 65.2 Å². The SMILES string of the molecule is CC(=O)c1c(NC(=O)CSc2nnc(-c3ccccc3)n2-c2ccccc2)sc2c1CCCC2. The lowest BCUT2D eigenvalue weighted by atomic mass is 9.94. The number of rotatable bonds is 7. The summed E-state index contributed by atoms with van der Waals surface area (Å²) in [5.74, 6) is 0.743. The van der Waals surface area contributed by atoms with Crippen LogP contribution in [0.3, 0.4) is 0 Å². The summed E-state index contributed by atoms with van der Waals surface area (Å²) in [4.78, 5) is 26.5. The fourth-order valence-corrected chi connectivity index (χ4v) is 6.37. The number of thiophene rings is 1. The number of aromatic nitrogens is 3. The summed E-state index contributed by atoms with van der Waals surface area (Å²) in [7, 11) is 0. The molecular formula is C26H24N4O2S2. The van der Waals surface area contributed by atoms with Crippen molar-refractivity contribution in [3.05, 3.63) is 76.7 Å². The number of benzene rings is 2. The lowest BCUT2D eigenvalue weighted by Gasteiger charge is -2.11. The summed E-state index contributed by atoms with van der Waals surface area (Å²) in [6.07, 6.45) is 4.11. The van der Waals surface area contributed by atoms with Crippen LogP contribution in [0.4, 0.5) is 5.00 Å². The number of anilines is 1. The first kappa shape index (κ1) is 22.6. The molecule has 172 valence electrons. The van der Waals surface area contributed by atoms with Crippen molar-refractivity contribution in [3.8, 4) is 17.1 Å². The molecule has 1 N–H and O–H groups in total. The maximum Gasteiger partial charge on any atom is 0.235 e. The van der Waals surface area contributed by atoms with E-state index in [9.17, 15) is 9.59 Å². The van der Waals surface area contributed by atoms with Crippen molar-refractivity contribution in [2.24, 2.45) is 0 Å². The quantitative estimate of drug-likeness (QED) is 0.262. The van der Waals surface area contributed by atoms with Crippen molar-refractivity contribution in [2.45, 2.75) is 37.8 Å². The molecule has 0 saturated heterocycles. The van der Waals surface area contributed by atoms with E-state index in [0.717, 1.165) is 48.3 Å². The minimum atomic E-state index is -0.157. The highest BCUT2D eigenvalue weighted by molar-refractivity contribution is 7.99. The number of aryl methyl sites for hydroxylation is 1. The van der Waals surface area contributed by atoms with Crippen LogP contribution in [0.2, 0.25) is 0 Å². The van der Waals surface area contributed by atoms with E-state index >= 15 is 0 Å². The fraction of sp³-hybridized carbons (Fsp3) is 0.231. The van der Waals surface area contributed by atoms with Gasteiger partial charge in [0, 0.05) is 16.1 Å². The molecule has 2 heterocycles. The van der Waals surface area contributed by atoms with Gasteiger partial charge in [0.1, 0.15) is 5.00 Å². The van der Waals surface area contributed by atoms with E-state index in [-0.39, 0.29) is 17.4 Å². The number of nitrogens with zero attached hydrogens (tertiary/aromatic N) is 3. The van der Waals surface area contributed by atoms with Gasteiger partial charge in [-0.3, -0.25) is 14.2 Å². The summed E-state index contributed by atoms with van der Waals surface area (Å²) < 4.78 is 1.97. The Morgan fingerprint density at radius 3 is 2.44 bits per heavy atom. The Kier molecular flexibility index (Phi) is 6.60. The molecule has 0 aliphatic heterocycles. The van der Waals surface area contributed by atoms with Crippen molar-refractivity contribution < 1.29 is 9.59 Å². The van der Waals surface area contributed by atoms with Crippen LogP contribution in [0.25, 0.3) is 17.1 Å². The zero-order valence-electron chi connectivity index (χ0n) is 18.8. The zero-order valence-corrected chi connectivity index (χ0v) is 20.4. The molecule has 0 atom stereocenters. The average molecular weight is 489 g/mol. The third kappa shape index (κ3) is 4.56. The first-order valence-corrected chi connectivity index (χ1v) is 13.1. The largest absolute Gasteiger partial charge is 0.316 e. The predicted octanol–water partition coefficient (Wildman–Crippen LogP) is 5.81. The van der Waals surface area contributed by atoms with E-state index < -0.39 is 0 Å². The molecule has 8 heteroatoms. The van der Waals surface area contributed by atoms with E-state index in [2.05, 4.69) is 15.5 Å². The van der Waals surface area contributed by atoms with Gasteiger partial charge in [0.25, 0.3) is 0 Å². The number of amides is 1. The highest BCUT2D eigenvalue weighted by Gasteiger charge is 2.24. The summed E-state index contributed by atoms with van der Waals surface area (Å²) in [6, 6.07) is 19.8. The van der Waals surface area contributed by atoms with Crippen LogP contribution in [-0.4, -0.2) is 32.2 Å². The molecule has 2 aromatic carbocycles. The topological polar surface area (TPSA) is 76.9 Å². The Balaban J connectivity index is 1.38. The van der Waals surface area contributed by atoms with Crippen LogP contribution in [0.15, 0.2) is 65.8 Å². The molecule has 0 saturated carbocycles. The van der Waals surface area contributed by atoms with Gasteiger partial charge in [0.15, 0.2) is 16.8 Å². The molecule has 0 fully saturated rings. The van der Waals surface area contributed by atoms with Crippen LogP contribution >= 0.6 is 23.1 Å². The molecule has 1 amide bonds. The van der Waals surface area contributed by atoms with Crippen LogP contribution in [0.5, 0.6) is 0 Å². The van der Waals surface area contributed by atoms with Gasteiger partial charge in [-0.1, -0.05) is 60.3 Å². The third-order valence-electron chi connectivity index (χ3n) is 5.79. The summed E-state index contributed by atoms with van der Waals surface area (Å²) >= 11 is 2.88. The molecular weight excluding hydrogens is 464 g/mol. The standard InChI is InChI=1S/C26H24N4O2S2/c1-17(31)23-20-14-8-9-15-21(20)34-25(23)27-22(32)16-33-26-29-28-24(18-10-4-2-5-11-18)30(26)19-12-6-3-7-13-19/h2-7,10-13H,8-9,14-16H2,1H3,(H,27,32). The molecule has 0 unspecified atom stereocenters. The van der Waals surface area contributed by atoms with Crippen LogP contribution < -0.4 is 5.32 Å². The van der Waals surface area contributed by atoms with Gasteiger partial charge in [-0.25, -0.2) is 0 Å². The van der Waals surface area contributed by atoms with E-state index in [1.165, 1.54) is 16.6 Å². The van der Waals surface area contributed by atoms with Gasteiger partial charge >= 0.3 is 0 Å². The highest BCUT2D eigenvalue weighted by Crippen LogP contribution is 2.38. The Bertz CT molecular complexity index is 1330. The van der Waals surface area contributed by atoms with Gasteiger partial charge in [-0.15, -0.1) is 21.5 Å². The third-order valence-corrected chi connectivity index (χ3v) is 7.92. The van der Waals surface area contributed by atoms with Crippen LogP contribution in [-0.2, 0) is 17.6 Å². The van der Waals surface area contributed by atoms with Gasteiger partial charge in [0.2, 0.25) is 5.91 Å². The summed E-state index contributed by atoms with van der Waals surface area (Å²) in [5.41, 5.74) is 3.70. The smallest absolute Gasteiger partial charge is 0.235 e. The van der Waals surface area contributed by atoms with E-state index in [1.54, 1.807) is 18.3 Å². The van der Waals surface area contributed by atoms with E-state index in [0.29, 0.717) is 15.7 Å². The zero-order chi connectivity index (χ0) is 23.5. The first-order valence-electron chi connectivity index (χ1n) is 11.3. The van der Waals surface area contributed by atoms with Crippen molar-refractivity contribution in [1.29, 1.82) is 0 Å². The number of ketones is 1. The Labute approximate surface area is 206 Å². The van der Waals surface area contributed by atoms with Gasteiger partial charge in [-0.2, -0.15) is 0 Å². The highest BCUT2D eigenvalue weighted by atomic mass is 32.2. The van der Waals surface area contributed by atoms with Crippen molar-refractivity contribution in [3.63, 3.8) is 0 Å². The summed E-state index contributed by atoms with van der Waals surface area (Å²) in [6.45, 7) is 1.58. The molecule has 0 radical (unpaired) electrons. The Morgan fingerprint density at radius 1 is 1.00 bits per heavy atom. The number of carbonyl (C=O) groups excluding carboxylic acids is 2. The second-order valence-electron chi connectivity index (χ2n) is 8.15. The second-order valence-corrected chi connectivity index (χ2v) is 10.2. The number of hydrogen-bond donors (Lipinski definition) is 1. The van der Waals surface area contributed by atoms with Gasteiger partial charge in [-0.05, 0) is 50.3 Å². The minimum Gasteiger partial charge on any atom is -0.316 e. The molecule has 2 aromatic heterocycles. The molecule has 4 aromatic rings. The molecule has 5 rings (SSSR count). The number of Topliss-reactive ketones (excluding diaryl/α,β-unsaturated/α-hetero) is 1. The molecule has 0 bridgehead atoms. The average Bonchev–Trinajstić information content (AvgIpc) is 3.45. The van der Waals surface area contributed by atoms with Crippen molar-refractivity contribution in [2.75, 3.05) is 11.1 Å². The Morgan fingerprint density at radius 2 is 1.71 bits per heavy atom. The molecule has 1 aliphatic rings. The molecule has 1 aliphatic carbocycles. The predicted molar refractivity (Wildman–Crippen MR) is 137 cm³/mol. The number of fused-ring (bicyclic) bond motifs is 1. The molecule has 0 spiro atoms. The first-order chi connectivity index (χ1) is 16.6. The maximum absolute atomic E-state index is 12.9. The molecule has 34 heavy (non-hydrogen) atoms. The monoisotopic (exact) mass is 488 g/mol. The number of nitrogens with one attached hydrogen (secondary N) is 1. The van der Waals surface area contributed by atoms with Gasteiger partial charge in [0.05, 0.1) is 11.3 Å². The second kappa shape index (κ2) is 9.95. The van der Waals surface area contributed by atoms with Gasteiger partial charge < -0.3 is 5.32 Å².